The largest absolute Gasteiger partial charge is 0.398 e. The molecule has 0 bridgehead atoms. The molecule has 0 radical (unpaired) electrons. The second kappa shape index (κ2) is 5.15. The van der Waals surface area contributed by atoms with Crippen molar-refractivity contribution >= 4 is 23.0 Å². The summed E-state index contributed by atoms with van der Waals surface area (Å²) in [7, 11) is 0. The lowest BCUT2D eigenvalue weighted by atomic mass is 10.1. The summed E-state index contributed by atoms with van der Waals surface area (Å²) in [4.78, 5) is 2.10. The second-order valence-electron chi connectivity index (χ2n) is 4.99. The Balaban J connectivity index is 3.08. The van der Waals surface area contributed by atoms with E-state index in [1.165, 1.54) is 0 Å². The minimum absolute atomic E-state index is 0.555. The molecule has 0 saturated heterocycles. The molecule has 0 saturated carbocycles. The van der Waals surface area contributed by atoms with E-state index in [0.717, 1.165) is 17.8 Å². The topological polar surface area (TPSA) is 49.5 Å². The van der Waals surface area contributed by atoms with Crippen LogP contribution in [-0.2, 0) is 0 Å². The van der Waals surface area contributed by atoms with Crippen molar-refractivity contribution in [1.82, 2.24) is 0 Å². The summed E-state index contributed by atoms with van der Waals surface area (Å²) >= 11 is 6.04. The van der Waals surface area contributed by atoms with Crippen molar-refractivity contribution in [3.63, 3.8) is 0 Å². The number of aliphatic hydroxyl groups is 1. The van der Waals surface area contributed by atoms with Gasteiger partial charge in [-0.1, -0.05) is 11.6 Å². The Bertz CT molecular complexity index is 399. The molecule has 0 unspecified atom stereocenters. The lowest BCUT2D eigenvalue weighted by Crippen LogP contribution is -2.38. The van der Waals surface area contributed by atoms with E-state index in [4.69, 9.17) is 17.3 Å². The van der Waals surface area contributed by atoms with Gasteiger partial charge in [-0.3, -0.25) is 0 Å². The molecule has 0 amide bonds. The van der Waals surface area contributed by atoms with Crippen LogP contribution in [-0.4, -0.2) is 23.8 Å². The van der Waals surface area contributed by atoms with Crippen molar-refractivity contribution in [2.45, 2.75) is 33.3 Å². The smallest absolute Gasteiger partial charge is 0.0765 e. The zero-order chi connectivity index (χ0) is 13.2. The van der Waals surface area contributed by atoms with Gasteiger partial charge in [-0.2, -0.15) is 0 Å². The minimum Gasteiger partial charge on any atom is -0.398 e. The number of nitrogen functional groups attached to an aromatic ring is 1. The fraction of sp³-hybridized carbons (Fsp3) is 0.538. The van der Waals surface area contributed by atoms with Crippen LogP contribution in [0.2, 0.25) is 5.02 Å². The number of rotatable bonds is 4. The van der Waals surface area contributed by atoms with Gasteiger partial charge in [-0.15, -0.1) is 0 Å². The monoisotopic (exact) mass is 256 g/mol. The third kappa shape index (κ3) is 3.79. The number of nitrogens with two attached hydrogens (primary N) is 1. The summed E-state index contributed by atoms with van der Waals surface area (Å²) in [6, 6.07) is 3.73. The highest BCUT2D eigenvalue weighted by Crippen LogP contribution is 2.30. The average Bonchev–Trinajstić information content (AvgIpc) is 2.19. The first-order valence-electron chi connectivity index (χ1n) is 5.77. The summed E-state index contributed by atoms with van der Waals surface area (Å²) in [5.41, 5.74) is 7.70. The van der Waals surface area contributed by atoms with Crippen molar-refractivity contribution in [2.24, 2.45) is 0 Å². The number of benzene rings is 1. The zero-order valence-corrected chi connectivity index (χ0v) is 11.7. The lowest BCUT2D eigenvalue weighted by Gasteiger charge is -2.31. The molecule has 4 heteroatoms. The van der Waals surface area contributed by atoms with E-state index >= 15 is 0 Å². The van der Waals surface area contributed by atoms with Crippen LogP contribution in [0.15, 0.2) is 12.1 Å². The minimum atomic E-state index is -0.740. The molecule has 3 N–H and O–H groups in total. The third-order valence-corrected chi connectivity index (χ3v) is 2.94. The van der Waals surface area contributed by atoms with E-state index in [1.807, 2.05) is 19.1 Å². The van der Waals surface area contributed by atoms with Gasteiger partial charge in [0.1, 0.15) is 0 Å². The first-order chi connectivity index (χ1) is 7.74. The fourth-order valence-corrected chi connectivity index (χ4v) is 2.03. The van der Waals surface area contributed by atoms with Crippen LogP contribution in [0.1, 0.15) is 26.3 Å². The lowest BCUT2D eigenvalue weighted by molar-refractivity contribution is 0.0876. The first-order valence-corrected chi connectivity index (χ1v) is 6.15. The van der Waals surface area contributed by atoms with Gasteiger partial charge in [0, 0.05) is 18.8 Å². The SMILES string of the molecule is CCN(CC(C)(C)O)c1cc(Cl)c(N)cc1C. The molecule has 0 aromatic heterocycles. The molecule has 0 fully saturated rings. The van der Waals surface area contributed by atoms with Crippen molar-refractivity contribution < 1.29 is 5.11 Å². The molecule has 96 valence electrons. The Hall–Kier alpha value is -0.930. The van der Waals surface area contributed by atoms with Gasteiger partial charge in [-0.05, 0) is 45.4 Å². The summed E-state index contributed by atoms with van der Waals surface area (Å²) in [6.07, 6.45) is 0. The van der Waals surface area contributed by atoms with E-state index in [9.17, 15) is 5.11 Å². The summed E-state index contributed by atoms with van der Waals surface area (Å²) in [5, 5.41) is 10.5. The molecular weight excluding hydrogens is 236 g/mol. The van der Waals surface area contributed by atoms with E-state index in [1.54, 1.807) is 13.8 Å². The number of hydrogen-bond donors (Lipinski definition) is 2. The Morgan fingerprint density at radius 2 is 2.00 bits per heavy atom. The van der Waals surface area contributed by atoms with E-state index in [0.29, 0.717) is 17.3 Å². The number of nitrogens with zero attached hydrogens (tertiary/aromatic N) is 1. The zero-order valence-electron chi connectivity index (χ0n) is 10.9. The summed E-state index contributed by atoms with van der Waals surface area (Å²) in [5.74, 6) is 0. The molecule has 0 spiro atoms. The molecule has 1 rings (SSSR count). The van der Waals surface area contributed by atoms with Gasteiger partial charge < -0.3 is 15.7 Å². The van der Waals surface area contributed by atoms with Crippen molar-refractivity contribution in [1.29, 1.82) is 0 Å². The van der Waals surface area contributed by atoms with Gasteiger partial charge in [0.2, 0.25) is 0 Å². The van der Waals surface area contributed by atoms with Crippen LogP contribution < -0.4 is 10.6 Å². The quantitative estimate of drug-likeness (QED) is 0.815. The Labute approximate surface area is 108 Å². The summed E-state index contributed by atoms with van der Waals surface area (Å²) < 4.78 is 0. The maximum Gasteiger partial charge on any atom is 0.0765 e. The molecule has 0 aliphatic carbocycles. The number of halogens is 1. The number of anilines is 2. The van der Waals surface area contributed by atoms with Crippen LogP contribution in [0, 0.1) is 6.92 Å². The molecule has 1 aromatic rings. The average molecular weight is 257 g/mol. The van der Waals surface area contributed by atoms with E-state index < -0.39 is 5.60 Å². The van der Waals surface area contributed by atoms with Crippen LogP contribution in [0.3, 0.4) is 0 Å². The van der Waals surface area contributed by atoms with Crippen molar-refractivity contribution in [3.05, 3.63) is 22.7 Å². The Kier molecular flexibility index (Phi) is 4.28. The number of hydrogen-bond acceptors (Lipinski definition) is 3. The van der Waals surface area contributed by atoms with Crippen molar-refractivity contribution in [2.75, 3.05) is 23.7 Å². The highest BCUT2D eigenvalue weighted by Gasteiger charge is 2.19. The predicted octanol–water partition coefficient (Wildman–Crippen LogP) is 2.83. The van der Waals surface area contributed by atoms with Gasteiger partial charge >= 0.3 is 0 Å². The van der Waals surface area contributed by atoms with E-state index in [-0.39, 0.29) is 0 Å². The maximum absolute atomic E-state index is 9.90. The third-order valence-electron chi connectivity index (χ3n) is 2.62. The molecule has 17 heavy (non-hydrogen) atoms. The fourth-order valence-electron chi connectivity index (χ4n) is 1.87. The molecule has 1 aromatic carbocycles. The molecule has 0 aliphatic rings. The number of aryl methyl sites for hydroxylation is 1. The summed E-state index contributed by atoms with van der Waals surface area (Å²) in [6.45, 7) is 9.01. The normalized spacial score (nSPS) is 11.6. The van der Waals surface area contributed by atoms with Crippen molar-refractivity contribution in [3.8, 4) is 0 Å². The van der Waals surface area contributed by atoms with Crippen LogP contribution in [0.5, 0.6) is 0 Å². The standard InChI is InChI=1S/C13H21ClN2O/c1-5-16(8-13(3,4)17)12-7-10(14)11(15)6-9(12)2/h6-7,17H,5,8,15H2,1-4H3. The second-order valence-corrected chi connectivity index (χ2v) is 5.39. The Morgan fingerprint density at radius 3 is 2.47 bits per heavy atom. The van der Waals surface area contributed by atoms with Crippen LogP contribution in [0.4, 0.5) is 11.4 Å². The Morgan fingerprint density at radius 1 is 1.41 bits per heavy atom. The molecule has 0 heterocycles. The molecular formula is C13H21ClN2O. The molecule has 0 atom stereocenters. The van der Waals surface area contributed by atoms with Gasteiger partial charge in [0.05, 0.1) is 16.3 Å². The number of likely N-dealkylation sites (N-methyl/N-ethyl adjacent to an activating group) is 1. The first kappa shape index (κ1) is 14.1. The highest BCUT2D eigenvalue weighted by atomic mass is 35.5. The van der Waals surface area contributed by atoms with Crippen LogP contribution >= 0.6 is 11.6 Å². The molecule has 0 aliphatic heterocycles. The van der Waals surface area contributed by atoms with Gasteiger partial charge in [0.15, 0.2) is 0 Å². The van der Waals surface area contributed by atoms with Crippen LogP contribution in [0.25, 0.3) is 0 Å². The maximum atomic E-state index is 9.90. The van der Waals surface area contributed by atoms with E-state index in [2.05, 4.69) is 11.8 Å². The highest BCUT2D eigenvalue weighted by molar-refractivity contribution is 6.33. The van der Waals surface area contributed by atoms with Gasteiger partial charge in [-0.25, -0.2) is 0 Å². The van der Waals surface area contributed by atoms with Gasteiger partial charge in [0.25, 0.3) is 0 Å². The molecule has 3 nitrogen and oxygen atoms in total. The predicted molar refractivity (Wildman–Crippen MR) is 74.8 cm³/mol.